The van der Waals surface area contributed by atoms with Gasteiger partial charge in [-0.05, 0) is 18.8 Å². The van der Waals surface area contributed by atoms with Gasteiger partial charge in [-0.1, -0.05) is 42.7 Å². The Balaban J connectivity index is 1.96. The highest BCUT2D eigenvalue weighted by molar-refractivity contribution is 7.19. The van der Waals surface area contributed by atoms with Gasteiger partial charge in [0.15, 0.2) is 5.13 Å². The Labute approximate surface area is 93.7 Å². The Morgan fingerprint density at radius 2 is 2.50 bits per heavy atom. The molecule has 0 aromatic carbocycles. The van der Waals surface area contributed by atoms with E-state index in [1.807, 2.05) is 0 Å². The van der Waals surface area contributed by atoms with Crippen LogP contribution < -0.4 is 5.32 Å². The zero-order valence-electron chi connectivity index (χ0n) is 8.29. The number of halogens is 1. The number of hydrogen-bond acceptors (Lipinski definition) is 3. The molecule has 4 heteroatoms. The summed E-state index contributed by atoms with van der Waals surface area (Å²) in [7, 11) is 0. The van der Waals surface area contributed by atoms with Gasteiger partial charge in [0.1, 0.15) is 4.34 Å². The fraction of sp³-hybridized carbons (Fsp3) is 0.700. The van der Waals surface area contributed by atoms with Crippen LogP contribution in [0.5, 0.6) is 0 Å². The maximum absolute atomic E-state index is 5.83. The van der Waals surface area contributed by atoms with Gasteiger partial charge in [-0.25, -0.2) is 4.98 Å². The Hall–Kier alpha value is -0.280. The standard InChI is InChI=1S/C10H15ClN2S/c1-2-7-4-3-5-8(7)13-10-12-6-9(11)14-10/h6-8H,2-5H2,1H3,(H,12,13). The number of thiazole rings is 1. The van der Waals surface area contributed by atoms with Crippen molar-refractivity contribution in [1.29, 1.82) is 0 Å². The van der Waals surface area contributed by atoms with Crippen molar-refractivity contribution in [1.82, 2.24) is 4.98 Å². The van der Waals surface area contributed by atoms with Crippen molar-refractivity contribution < 1.29 is 0 Å². The van der Waals surface area contributed by atoms with Gasteiger partial charge in [-0.3, -0.25) is 0 Å². The number of aromatic nitrogens is 1. The normalized spacial score (nSPS) is 26.7. The first kappa shape index (κ1) is 10.2. The summed E-state index contributed by atoms with van der Waals surface area (Å²) in [5, 5.41) is 4.46. The first-order valence-corrected chi connectivity index (χ1v) is 6.37. The maximum atomic E-state index is 5.83. The molecule has 1 aromatic rings. The lowest BCUT2D eigenvalue weighted by Crippen LogP contribution is -2.23. The molecule has 1 N–H and O–H groups in total. The van der Waals surface area contributed by atoms with Gasteiger partial charge in [0, 0.05) is 6.04 Å². The quantitative estimate of drug-likeness (QED) is 0.855. The third-order valence-electron chi connectivity index (χ3n) is 2.97. The van der Waals surface area contributed by atoms with Crippen molar-refractivity contribution in [2.45, 2.75) is 38.6 Å². The second-order valence-corrected chi connectivity index (χ2v) is 5.48. The molecular formula is C10H15ClN2S. The number of rotatable bonds is 3. The van der Waals surface area contributed by atoms with Gasteiger partial charge in [0.25, 0.3) is 0 Å². The van der Waals surface area contributed by atoms with Gasteiger partial charge in [0.2, 0.25) is 0 Å². The SMILES string of the molecule is CCC1CCCC1Nc1ncc(Cl)s1. The van der Waals surface area contributed by atoms with Crippen LogP contribution in [0, 0.1) is 5.92 Å². The van der Waals surface area contributed by atoms with E-state index in [4.69, 9.17) is 11.6 Å². The van der Waals surface area contributed by atoms with Crippen LogP contribution in [0.1, 0.15) is 32.6 Å². The topological polar surface area (TPSA) is 24.9 Å². The second kappa shape index (κ2) is 4.49. The molecule has 14 heavy (non-hydrogen) atoms. The second-order valence-electron chi connectivity index (χ2n) is 3.82. The summed E-state index contributed by atoms with van der Waals surface area (Å²) in [6.07, 6.45) is 6.94. The lowest BCUT2D eigenvalue weighted by molar-refractivity contribution is 0.489. The molecule has 0 amide bonds. The maximum Gasteiger partial charge on any atom is 0.184 e. The monoisotopic (exact) mass is 230 g/mol. The lowest BCUT2D eigenvalue weighted by atomic mass is 10.0. The van der Waals surface area contributed by atoms with Crippen LogP contribution in [-0.4, -0.2) is 11.0 Å². The summed E-state index contributed by atoms with van der Waals surface area (Å²) < 4.78 is 0.763. The van der Waals surface area contributed by atoms with E-state index in [1.54, 1.807) is 6.20 Å². The van der Waals surface area contributed by atoms with Gasteiger partial charge in [0.05, 0.1) is 6.20 Å². The molecular weight excluding hydrogens is 216 g/mol. The third kappa shape index (κ3) is 2.20. The van der Waals surface area contributed by atoms with E-state index in [0.29, 0.717) is 6.04 Å². The summed E-state index contributed by atoms with van der Waals surface area (Å²) in [6, 6.07) is 0.613. The van der Waals surface area contributed by atoms with Gasteiger partial charge < -0.3 is 5.32 Å². The van der Waals surface area contributed by atoms with Crippen LogP contribution in [-0.2, 0) is 0 Å². The van der Waals surface area contributed by atoms with E-state index >= 15 is 0 Å². The summed E-state index contributed by atoms with van der Waals surface area (Å²) in [5.74, 6) is 0.817. The molecule has 1 fully saturated rings. The van der Waals surface area contributed by atoms with Crippen LogP contribution in [0.4, 0.5) is 5.13 Å². The summed E-state index contributed by atoms with van der Waals surface area (Å²) in [4.78, 5) is 4.22. The van der Waals surface area contributed by atoms with E-state index in [1.165, 1.54) is 37.0 Å². The predicted octanol–water partition coefficient (Wildman–Crippen LogP) is 3.79. The lowest BCUT2D eigenvalue weighted by Gasteiger charge is -2.18. The summed E-state index contributed by atoms with van der Waals surface area (Å²) >= 11 is 7.36. The van der Waals surface area contributed by atoms with E-state index in [2.05, 4.69) is 17.2 Å². The highest BCUT2D eigenvalue weighted by Crippen LogP contribution is 2.32. The molecule has 1 heterocycles. The number of nitrogens with one attached hydrogen (secondary N) is 1. The molecule has 1 aliphatic carbocycles. The minimum absolute atomic E-state index is 0.613. The first-order valence-electron chi connectivity index (χ1n) is 5.17. The number of anilines is 1. The van der Waals surface area contributed by atoms with Crippen molar-refractivity contribution in [2.24, 2.45) is 5.92 Å². The zero-order valence-corrected chi connectivity index (χ0v) is 9.87. The van der Waals surface area contributed by atoms with Gasteiger partial charge in [-0.15, -0.1) is 0 Å². The van der Waals surface area contributed by atoms with Gasteiger partial charge >= 0.3 is 0 Å². The number of hydrogen-bond donors (Lipinski definition) is 1. The zero-order chi connectivity index (χ0) is 9.97. The fourth-order valence-electron chi connectivity index (χ4n) is 2.20. The van der Waals surface area contributed by atoms with E-state index in [9.17, 15) is 0 Å². The van der Waals surface area contributed by atoms with Crippen molar-refractivity contribution >= 4 is 28.1 Å². The third-order valence-corrected chi connectivity index (χ3v) is 4.02. The molecule has 0 bridgehead atoms. The molecule has 1 aromatic heterocycles. The first-order chi connectivity index (χ1) is 6.79. The van der Waals surface area contributed by atoms with E-state index < -0.39 is 0 Å². The molecule has 2 atom stereocenters. The van der Waals surface area contributed by atoms with Crippen LogP contribution in [0.3, 0.4) is 0 Å². The van der Waals surface area contributed by atoms with Crippen LogP contribution in [0.25, 0.3) is 0 Å². The molecule has 1 saturated carbocycles. The Kier molecular flexibility index (Phi) is 3.29. The number of nitrogens with zero attached hydrogens (tertiary/aromatic N) is 1. The van der Waals surface area contributed by atoms with Crippen LogP contribution in [0.2, 0.25) is 4.34 Å². The molecule has 2 unspecified atom stereocenters. The van der Waals surface area contributed by atoms with Crippen molar-refractivity contribution in [3.05, 3.63) is 10.5 Å². The molecule has 78 valence electrons. The molecule has 0 saturated heterocycles. The van der Waals surface area contributed by atoms with Crippen molar-refractivity contribution in [2.75, 3.05) is 5.32 Å². The minimum atomic E-state index is 0.613. The molecule has 0 spiro atoms. The highest BCUT2D eigenvalue weighted by Gasteiger charge is 2.25. The Morgan fingerprint density at radius 3 is 3.14 bits per heavy atom. The predicted molar refractivity (Wildman–Crippen MR) is 62.2 cm³/mol. The van der Waals surface area contributed by atoms with Crippen LogP contribution >= 0.6 is 22.9 Å². The molecule has 1 aliphatic rings. The largest absolute Gasteiger partial charge is 0.358 e. The van der Waals surface area contributed by atoms with Crippen LogP contribution in [0.15, 0.2) is 6.20 Å². The Bertz CT molecular complexity index is 300. The molecule has 0 aliphatic heterocycles. The molecule has 2 rings (SSSR count). The molecule has 2 nitrogen and oxygen atoms in total. The average Bonchev–Trinajstić information content (AvgIpc) is 2.76. The van der Waals surface area contributed by atoms with Crippen molar-refractivity contribution in [3.63, 3.8) is 0 Å². The minimum Gasteiger partial charge on any atom is -0.358 e. The van der Waals surface area contributed by atoms with E-state index in [0.717, 1.165) is 15.4 Å². The fourth-order valence-corrected chi connectivity index (χ4v) is 3.07. The van der Waals surface area contributed by atoms with Crippen molar-refractivity contribution in [3.8, 4) is 0 Å². The Morgan fingerprint density at radius 1 is 1.64 bits per heavy atom. The van der Waals surface area contributed by atoms with Gasteiger partial charge in [-0.2, -0.15) is 0 Å². The average molecular weight is 231 g/mol. The van der Waals surface area contributed by atoms with E-state index in [-0.39, 0.29) is 0 Å². The summed E-state index contributed by atoms with van der Waals surface area (Å²) in [6.45, 7) is 2.26. The highest BCUT2D eigenvalue weighted by atomic mass is 35.5. The molecule has 0 radical (unpaired) electrons. The smallest absolute Gasteiger partial charge is 0.184 e. The summed E-state index contributed by atoms with van der Waals surface area (Å²) in [5.41, 5.74) is 0.